The highest BCUT2D eigenvalue weighted by molar-refractivity contribution is 7.92. The largest absolute Gasteiger partial charge is 0.324 e. The number of halogens is 1. The highest BCUT2D eigenvalue weighted by Gasteiger charge is 2.31. The van der Waals surface area contributed by atoms with E-state index in [-0.39, 0.29) is 5.91 Å². The molecular weight excluding hydrogens is 372 g/mol. The zero-order valence-electron chi connectivity index (χ0n) is 15.1. The highest BCUT2D eigenvalue weighted by Crippen LogP contribution is 2.26. The topological polar surface area (TPSA) is 66.5 Å². The van der Waals surface area contributed by atoms with Crippen molar-refractivity contribution < 1.29 is 13.2 Å². The van der Waals surface area contributed by atoms with E-state index in [1.54, 1.807) is 25.1 Å². The summed E-state index contributed by atoms with van der Waals surface area (Å²) in [6.07, 6.45) is 2.31. The Kier molecular flexibility index (Phi) is 6.67. The minimum absolute atomic E-state index is 0.318. The van der Waals surface area contributed by atoms with Gasteiger partial charge < -0.3 is 5.32 Å². The van der Waals surface area contributed by atoms with E-state index in [4.69, 9.17) is 11.6 Å². The fraction of sp³-hybridized carbons (Fsp3) is 0.316. The number of hydrogen-bond donors (Lipinski definition) is 1. The second-order valence-electron chi connectivity index (χ2n) is 6.00. The van der Waals surface area contributed by atoms with Gasteiger partial charge in [0, 0.05) is 10.7 Å². The summed E-state index contributed by atoms with van der Waals surface area (Å²) in [4.78, 5) is 12.8. The summed E-state index contributed by atoms with van der Waals surface area (Å²) in [5, 5.41) is 3.21. The molecular formula is C19H23ClN2O3S. The first kappa shape index (κ1) is 20.3. The van der Waals surface area contributed by atoms with E-state index in [2.05, 4.69) is 12.2 Å². The molecule has 1 atom stereocenters. The average molecular weight is 395 g/mol. The van der Waals surface area contributed by atoms with Gasteiger partial charge in [0.1, 0.15) is 6.04 Å². The second kappa shape index (κ2) is 8.56. The molecule has 0 saturated heterocycles. The molecule has 140 valence electrons. The molecule has 0 fully saturated rings. The Labute approximate surface area is 160 Å². The molecule has 2 rings (SSSR count). The molecule has 0 heterocycles. The SMILES string of the molecule is CCc1ccc(NC(=O)C(CC)N(c2cccc(Cl)c2)S(C)(=O)=O)cc1. The Balaban J connectivity index is 2.33. The molecule has 5 nitrogen and oxygen atoms in total. The number of carbonyl (C=O) groups excluding carboxylic acids is 1. The van der Waals surface area contributed by atoms with Crippen molar-refractivity contribution in [2.24, 2.45) is 0 Å². The van der Waals surface area contributed by atoms with Crippen molar-refractivity contribution in [3.05, 3.63) is 59.1 Å². The van der Waals surface area contributed by atoms with Crippen LogP contribution in [0.15, 0.2) is 48.5 Å². The molecule has 0 aliphatic rings. The molecule has 0 aliphatic heterocycles. The monoisotopic (exact) mass is 394 g/mol. The van der Waals surface area contributed by atoms with Crippen molar-refractivity contribution in [2.75, 3.05) is 15.9 Å². The number of hydrogen-bond acceptors (Lipinski definition) is 3. The van der Waals surface area contributed by atoms with Gasteiger partial charge in [-0.2, -0.15) is 0 Å². The number of anilines is 2. The number of sulfonamides is 1. The fourth-order valence-electron chi connectivity index (χ4n) is 2.72. The van der Waals surface area contributed by atoms with Gasteiger partial charge >= 0.3 is 0 Å². The van der Waals surface area contributed by atoms with Gasteiger partial charge in [0.25, 0.3) is 0 Å². The predicted molar refractivity (Wildman–Crippen MR) is 107 cm³/mol. The van der Waals surface area contributed by atoms with Crippen LogP contribution in [0.1, 0.15) is 25.8 Å². The van der Waals surface area contributed by atoms with Crippen molar-refractivity contribution in [1.82, 2.24) is 0 Å². The minimum Gasteiger partial charge on any atom is -0.324 e. The Morgan fingerprint density at radius 3 is 2.31 bits per heavy atom. The maximum atomic E-state index is 12.8. The number of aryl methyl sites for hydroxylation is 1. The minimum atomic E-state index is -3.68. The summed E-state index contributed by atoms with van der Waals surface area (Å²) < 4.78 is 25.9. The number of benzene rings is 2. The molecule has 1 N–H and O–H groups in total. The van der Waals surface area contributed by atoms with Gasteiger partial charge in [-0.3, -0.25) is 9.10 Å². The van der Waals surface area contributed by atoms with E-state index in [0.29, 0.717) is 22.8 Å². The summed E-state index contributed by atoms with van der Waals surface area (Å²) in [5.74, 6) is -0.387. The van der Waals surface area contributed by atoms with Gasteiger partial charge in [-0.15, -0.1) is 0 Å². The molecule has 0 aromatic heterocycles. The summed E-state index contributed by atoms with van der Waals surface area (Å²) >= 11 is 6.00. The Hall–Kier alpha value is -2.05. The molecule has 0 radical (unpaired) electrons. The maximum absolute atomic E-state index is 12.8. The molecule has 0 saturated carbocycles. The fourth-order valence-corrected chi connectivity index (χ4v) is 4.11. The van der Waals surface area contributed by atoms with Crippen molar-refractivity contribution in [2.45, 2.75) is 32.7 Å². The average Bonchev–Trinajstić information content (AvgIpc) is 2.58. The summed E-state index contributed by atoms with van der Waals surface area (Å²) in [6.45, 7) is 3.82. The lowest BCUT2D eigenvalue weighted by Gasteiger charge is -2.30. The van der Waals surface area contributed by atoms with Gasteiger partial charge in [0.2, 0.25) is 15.9 Å². The van der Waals surface area contributed by atoms with Gasteiger partial charge in [0.15, 0.2) is 0 Å². The first-order valence-electron chi connectivity index (χ1n) is 8.41. The third kappa shape index (κ3) is 4.99. The highest BCUT2D eigenvalue weighted by atomic mass is 35.5. The molecule has 26 heavy (non-hydrogen) atoms. The maximum Gasteiger partial charge on any atom is 0.248 e. The molecule has 0 spiro atoms. The van der Waals surface area contributed by atoms with Crippen LogP contribution in [0.4, 0.5) is 11.4 Å². The van der Waals surface area contributed by atoms with E-state index in [1.165, 1.54) is 6.07 Å². The number of carbonyl (C=O) groups is 1. The third-order valence-electron chi connectivity index (χ3n) is 4.02. The third-order valence-corrected chi connectivity index (χ3v) is 5.44. The van der Waals surface area contributed by atoms with Crippen LogP contribution in [0.2, 0.25) is 5.02 Å². The van der Waals surface area contributed by atoms with E-state index < -0.39 is 16.1 Å². The first-order valence-corrected chi connectivity index (χ1v) is 10.6. The van der Waals surface area contributed by atoms with Gasteiger partial charge in [-0.1, -0.05) is 43.6 Å². The van der Waals surface area contributed by atoms with Crippen molar-refractivity contribution in [1.29, 1.82) is 0 Å². The van der Waals surface area contributed by atoms with Gasteiger partial charge in [0.05, 0.1) is 11.9 Å². The Bertz CT molecular complexity index is 867. The van der Waals surface area contributed by atoms with E-state index >= 15 is 0 Å². The lowest BCUT2D eigenvalue weighted by atomic mass is 10.1. The predicted octanol–water partition coefficient (Wildman–Crippen LogP) is 4.09. The van der Waals surface area contributed by atoms with E-state index in [0.717, 1.165) is 22.5 Å². The van der Waals surface area contributed by atoms with E-state index in [9.17, 15) is 13.2 Å². The molecule has 0 aliphatic carbocycles. The lowest BCUT2D eigenvalue weighted by Crippen LogP contribution is -2.47. The first-order chi connectivity index (χ1) is 12.3. The molecule has 1 unspecified atom stereocenters. The van der Waals surface area contributed by atoms with Crippen molar-refractivity contribution in [3.63, 3.8) is 0 Å². The summed E-state index contributed by atoms with van der Waals surface area (Å²) in [7, 11) is -3.68. The summed E-state index contributed by atoms with van der Waals surface area (Å²) in [5.41, 5.74) is 2.15. The van der Waals surface area contributed by atoms with Crippen LogP contribution in [-0.4, -0.2) is 26.6 Å². The lowest BCUT2D eigenvalue weighted by molar-refractivity contribution is -0.117. The number of nitrogens with one attached hydrogen (secondary N) is 1. The standard InChI is InChI=1S/C19H23ClN2O3S/c1-4-14-9-11-16(12-10-14)21-19(23)18(5-2)22(26(3,24)25)17-8-6-7-15(20)13-17/h6-13,18H,4-5H2,1-3H3,(H,21,23). The van der Waals surface area contributed by atoms with Crippen LogP contribution in [-0.2, 0) is 21.2 Å². The Morgan fingerprint density at radius 2 is 1.81 bits per heavy atom. The summed E-state index contributed by atoms with van der Waals surface area (Å²) in [6, 6.07) is 13.1. The molecule has 1 amide bonds. The quantitative estimate of drug-likeness (QED) is 0.769. The smallest absolute Gasteiger partial charge is 0.248 e. The molecule has 7 heteroatoms. The molecule has 2 aromatic carbocycles. The van der Waals surface area contributed by atoms with Crippen molar-refractivity contribution in [3.8, 4) is 0 Å². The van der Waals surface area contributed by atoms with E-state index in [1.807, 2.05) is 24.3 Å². The van der Waals surface area contributed by atoms with Crippen LogP contribution < -0.4 is 9.62 Å². The zero-order valence-corrected chi connectivity index (χ0v) is 16.6. The number of amides is 1. The Morgan fingerprint density at radius 1 is 1.15 bits per heavy atom. The van der Waals surface area contributed by atoms with Crippen LogP contribution in [0.25, 0.3) is 0 Å². The van der Waals surface area contributed by atoms with Crippen LogP contribution in [0, 0.1) is 0 Å². The second-order valence-corrected chi connectivity index (χ2v) is 8.30. The van der Waals surface area contributed by atoms with Crippen molar-refractivity contribution >= 4 is 38.9 Å². The molecule has 0 bridgehead atoms. The van der Waals surface area contributed by atoms with Gasteiger partial charge in [-0.25, -0.2) is 8.42 Å². The molecule has 2 aromatic rings. The number of rotatable bonds is 7. The zero-order chi connectivity index (χ0) is 19.3. The number of nitrogens with zero attached hydrogens (tertiary/aromatic N) is 1. The van der Waals surface area contributed by atoms with Crippen LogP contribution in [0.5, 0.6) is 0 Å². The van der Waals surface area contributed by atoms with Crippen LogP contribution in [0.3, 0.4) is 0 Å². The normalized spacial score (nSPS) is 12.5. The van der Waals surface area contributed by atoms with Crippen LogP contribution >= 0.6 is 11.6 Å². The van der Waals surface area contributed by atoms with Gasteiger partial charge in [-0.05, 0) is 48.7 Å².